The van der Waals surface area contributed by atoms with Crippen LogP contribution in [0.4, 0.5) is 0 Å². The van der Waals surface area contributed by atoms with Crippen molar-refractivity contribution in [2.24, 2.45) is 0 Å². The van der Waals surface area contributed by atoms with E-state index in [0.717, 1.165) is 12.8 Å². The molecule has 20 heavy (non-hydrogen) atoms. The minimum absolute atomic E-state index is 0.0227. The summed E-state index contributed by atoms with van der Waals surface area (Å²) < 4.78 is 4.89. The SMILES string of the molecule is Cc1ccccc1CN(C(=O)c1conc1C)C1CC1. The molecule has 2 aromatic rings. The summed E-state index contributed by atoms with van der Waals surface area (Å²) in [4.78, 5) is 14.6. The van der Waals surface area contributed by atoms with Crippen LogP contribution in [0.1, 0.15) is 40.0 Å². The number of rotatable bonds is 4. The number of carbonyl (C=O) groups is 1. The van der Waals surface area contributed by atoms with Gasteiger partial charge >= 0.3 is 0 Å². The monoisotopic (exact) mass is 270 g/mol. The number of nitrogens with zero attached hydrogens (tertiary/aromatic N) is 2. The van der Waals surface area contributed by atoms with E-state index >= 15 is 0 Å². The standard InChI is InChI=1S/C16H18N2O2/c1-11-5-3-4-6-13(11)9-18(14-7-8-14)16(19)15-10-20-17-12(15)2/h3-6,10,14H,7-9H2,1-2H3. The highest BCUT2D eigenvalue weighted by atomic mass is 16.5. The molecule has 3 rings (SSSR count). The van der Waals surface area contributed by atoms with Crippen molar-refractivity contribution in [2.45, 2.75) is 39.3 Å². The molecule has 1 aromatic carbocycles. The average Bonchev–Trinajstić information content (AvgIpc) is 3.19. The molecule has 0 bridgehead atoms. The molecule has 1 aliphatic carbocycles. The van der Waals surface area contributed by atoms with Crippen LogP contribution in [0.5, 0.6) is 0 Å². The highest BCUT2D eigenvalue weighted by Gasteiger charge is 2.34. The molecule has 0 saturated heterocycles. The van der Waals surface area contributed by atoms with Gasteiger partial charge in [-0.25, -0.2) is 0 Å². The molecule has 1 amide bonds. The van der Waals surface area contributed by atoms with Crippen molar-refractivity contribution in [1.82, 2.24) is 10.1 Å². The van der Waals surface area contributed by atoms with E-state index in [1.165, 1.54) is 17.4 Å². The smallest absolute Gasteiger partial charge is 0.259 e. The van der Waals surface area contributed by atoms with Crippen molar-refractivity contribution in [1.29, 1.82) is 0 Å². The second-order valence-corrected chi connectivity index (χ2v) is 5.40. The van der Waals surface area contributed by atoms with Crippen LogP contribution in [0.15, 0.2) is 35.1 Å². The van der Waals surface area contributed by atoms with Crippen LogP contribution in [0, 0.1) is 13.8 Å². The Balaban J connectivity index is 1.85. The van der Waals surface area contributed by atoms with Crippen LogP contribution in [-0.4, -0.2) is 22.0 Å². The summed E-state index contributed by atoms with van der Waals surface area (Å²) in [6.45, 7) is 4.53. The largest absolute Gasteiger partial charge is 0.364 e. The van der Waals surface area contributed by atoms with Crippen molar-refractivity contribution >= 4 is 5.91 Å². The zero-order valence-electron chi connectivity index (χ0n) is 11.8. The van der Waals surface area contributed by atoms with Gasteiger partial charge in [-0.3, -0.25) is 4.79 Å². The molecule has 4 nitrogen and oxygen atoms in total. The maximum atomic E-state index is 12.6. The molecule has 1 saturated carbocycles. The second kappa shape index (κ2) is 5.12. The average molecular weight is 270 g/mol. The van der Waals surface area contributed by atoms with E-state index in [2.05, 4.69) is 24.2 Å². The molecule has 1 heterocycles. The maximum Gasteiger partial charge on any atom is 0.259 e. The molecule has 104 valence electrons. The number of benzene rings is 1. The van der Waals surface area contributed by atoms with Crippen molar-refractivity contribution in [2.75, 3.05) is 0 Å². The Morgan fingerprint density at radius 3 is 2.70 bits per heavy atom. The first-order valence-electron chi connectivity index (χ1n) is 6.93. The van der Waals surface area contributed by atoms with Gasteiger partial charge in [-0.2, -0.15) is 0 Å². The van der Waals surface area contributed by atoms with E-state index in [9.17, 15) is 4.79 Å². The van der Waals surface area contributed by atoms with Gasteiger partial charge in [0.2, 0.25) is 0 Å². The first-order chi connectivity index (χ1) is 9.66. The molecule has 1 aliphatic rings. The Morgan fingerprint density at radius 1 is 1.35 bits per heavy atom. The number of hydrogen-bond acceptors (Lipinski definition) is 3. The van der Waals surface area contributed by atoms with Crippen LogP contribution in [-0.2, 0) is 6.54 Å². The number of aryl methyl sites for hydroxylation is 2. The van der Waals surface area contributed by atoms with Crippen molar-refractivity contribution in [3.05, 3.63) is 52.9 Å². The zero-order chi connectivity index (χ0) is 14.1. The molecule has 0 aliphatic heterocycles. The molecule has 1 aromatic heterocycles. The molecule has 0 radical (unpaired) electrons. The van der Waals surface area contributed by atoms with Gasteiger partial charge in [-0.15, -0.1) is 0 Å². The summed E-state index contributed by atoms with van der Waals surface area (Å²) in [6.07, 6.45) is 3.62. The highest BCUT2D eigenvalue weighted by Crippen LogP contribution is 2.30. The molecule has 0 unspecified atom stereocenters. The summed E-state index contributed by atoms with van der Waals surface area (Å²) in [5, 5.41) is 3.80. The van der Waals surface area contributed by atoms with E-state index in [0.29, 0.717) is 23.8 Å². The molecule has 4 heteroatoms. The van der Waals surface area contributed by atoms with Crippen molar-refractivity contribution < 1.29 is 9.32 Å². The van der Waals surface area contributed by atoms with E-state index in [4.69, 9.17) is 4.52 Å². The third kappa shape index (κ3) is 2.46. The van der Waals surface area contributed by atoms with Gasteiger partial charge in [0.15, 0.2) is 0 Å². The summed E-state index contributed by atoms with van der Waals surface area (Å²) in [5.41, 5.74) is 3.64. The van der Waals surface area contributed by atoms with Gasteiger partial charge in [0, 0.05) is 12.6 Å². The Kier molecular flexibility index (Phi) is 3.30. The van der Waals surface area contributed by atoms with Crippen LogP contribution < -0.4 is 0 Å². The first kappa shape index (κ1) is 12.9. The Morgan fingerprint density at radius 2 is 2.10 bits per heavy atom. The fourth-order valence-corrected chi connectivity index (χ4v) is 2.38. The number of amides is 1. The summed E-state index contributed by atoms with van der Waals surface area (Å²) in [7, 11) is 0. The lowest BCUT2D eigenvalue weighted by molar-refractivity contribution is 0.0728. The quantitative estimate of drug-likeness (QED) is 0.857. The van der Waals surface area contributed by atoms with Crippen molar-refractivity contribution in [3.63, 3.8) is 0 Å². The summed E-state index contributed by atoms with van der Waals surface area (Å²) in [6, 6.07) is 8.56. The van der Waals surface area contributed by atoms with Crippen LogP contribution in [0.3, 0.4) is 0 Å². The second-order valence-electron chi connectivity index (χ2n) is 5.40. The summed E-state index contributed by atoms with van der Waals surface area (Å²) >= 11 is 0. The predicted molar refractivity (Wildman–Crippen MR) is 75.3 cm³/mol. The van der Waals surface area contributed by atoms with E-state index in [1.807, 2.05) is 17.0 Å². The van der Waals surface area contributed by atoms with Gasteiger partial charge in [-0.1, -0.05) is 29.4 Å². The molecular formula is C16H18N2O2. The number of hydrogen-bond donors (Lipinski definition) is 0. The van der Waals surface area contributed by atoms with Gasteiger partial charge in [0.05, 0.1) is 5.69 Å². The summed E-state index contributed by atoms with van der Waals surface area (Å²) in [5.74, 6) is 0.0227. The molecule has 0 atom stereocenters. The predicted octanol–water partition coefficient (Wildman–Crippen LogP) is 3.10. The number of carbonyl (C=O) groups excluding carboxylic acids is 1. The molecular weight excluding hydrogens is 252 g/mol. The lowest BCUT2D eigenvalue weighted by atomic mass is 10.1. The lowest BCUT2D eigenvalue weighted by Crippen LogP contribution is -2.33. The van der Waals surface area contributed by atoms with E-state index < -0.39 is 0 Å². The van der Waals surface area contributed by atoms with Crippen molar-refractivity contribution in [3.8, 4) is 0 Å². The maximum absolute atomic E-state index is 12.6. The van der Waals surface area contributed by atoms with Gasteiger partial charge in [0.25, 0.3) is 5.91 Å². The van der Waals surface area contributed by atoms with Gasteiger partial charge in [-0.05, 0) is 37.8 Å². The van der Waals surface area contributed by atoms with Crippen LogP contribution in [0.2, 0.25) is 0 Å². The normalized spacial score (nSPS) is 14.3. The van der Waals surface area contributed by atoms with Gasteiger partial charge < -0.3 is 9.42 Å². The third-order valence-electron chi connectivity index (χ3n) is 3.83. The zero-order valence-corrected chi connectivity index (χ0v) is 11.8. The van der Waals surface area contributed by atoms with Gasteiger partial charge in [0.1, 0.15) is 11.8 Å². The van der Waals surface area contributed by atoms with E-state index in [1.54, 1.807) is 6.92 Å². The minimum atomic E-state index is 0.0227. The third-order valence-corrected chi connectivity index (χ3v) is 3.83. The molecule has 1 fully saturated rings. The minimum Gasteiger partial charge on any atom is -0.364 e. The molecule has 0 N–H and O–H groups in total. The van der Waals surface area contributed by atoms with Crippen LogP contribution in [0.25, 0.3) is 0 Å². The Hall–Kier alpha value is -2.10. The number of aromatic nitrogens is 1. The Labute approximate surface area is 118 Å². The fourth-order valence-electron chi connectivity index (χ4n) is 2.38. The molecule has 0 spiro atoms. The lowest BCUT2D eigenvalue weighted by Gasteiger charge is -2.23. The van der Waals surface area contributed by atoms with E-state index in [-0.39, 0.29) is 5.91 Å². The topological polar surface area (TPSA) is 46.3 Å². The Bertz CT molecular complexity index is 629. The van der Waals surface area contributed by atoms with Crippen LogP contribution >= 0.6 is 0 Å². The highest BCUT2D eigenvalue weighted by molar-refractivity contribution is 5.95. The fraction of sp³-hybridized carbons (Fsp3) is 0.375. The first-order valence-corrected chi connectivity index (χ1v) is 6.93.